The number of allylic oxidation sites excluding steroid dienone is 1. The van der Waals surface area contributed by atoms with Gasteiger partial charge >= 0.3 is 6.03 Å². The molecule has 1 saturated heterocycles. The third-order valence-electron chi connectivity index (χ3n) is 6.26. The van der Waals surface area contributed by atoms with Crippen LogP contribution in [0.25, 0.3) is 0 Å². The van der Waals surface area contributed by atoms with Crippen molar-refractivity contribution in [2.75, 3.05) is 28.6 Å². The van der Waals surface area contributed by atoms with Gasteiger partial charge in [-0.2, -0.15) is 4.39 Å². The average Bonchev–Trinajstić information content (AvgIpc) is 3.60. The van der Waals surface area contributed by atoms with Crippen LogP contribution in [0, 0.1) is 0 Å². The van der Waals surface area contributed by atoms with Crippen LogP contribution < -0.4 is 21.3 Å². The minimum atomic E-state index is -0.597. The second-order valence-corrected chi connectivity index (χ2v) is 9.56. The standard InChI is InChI=1S/C25H26FN7O2S/c26-22-13-16(9-10-28-22)14-32-11-1-4-21(32)23(34)31-25-30-19(15-36-25)20-3-2-12-33(20)18-7-5-17(6-8-18)29-24(27)35/h1,4-8,11,13,15,20H,2-3,9-10,12,14H2,(H3,27,29,35)(H,30,31,34). The molecule has 0 radical (unpaired) electrons. The summed E-state index contributed by atoms with van der Waals surface area (Å²) in [7, 11) is 0. The summed E-state index contributed by atoms with van der Waals surface area (Å²) in [5.74, 6) is -0.726. The van der Waals surface area contributed by atoms with Crippen molar-refractivity contribution in [2.24, 2.45) is 10.7 Å². The Labute approximate surface area is 211 Å². The molecule has 0 spiro atoms. The number of hydrogen-bond donors (Lipinski definition) is 3. The first-order chi connectivity index (χ1) is 17.5. The number of rotatable bonds is 7. The van der Waals surface area contributed by atoms with Crippen molar-refractivity contribution in [3.8, 4) is 0 Å². The molecule has 36 heavy (non-hydrogen) atoms. The van der Waals surface area contributed by atoms with Gasteiger partial charge in [0.25, 0.3) is 5.91 Å². The molecule has 4 heterocycles. The van der Waals surface area contributed by atoms with E-state index in [4.69, 9.17) is 10.7 Å². The Morgan fingerprint density at radius 2 is 2.03 bits per heavy atom. The number of nitrogens with one attached hydrogen (secondary N) is 2. The lowest BCUT2D eigenvalue weighted by Crippen LogP contribution is -2.23. The first-order valence-electron chi connectivity index (χ1n) is 11.7. The zero-order valence-corrected chi connectivity index (χ0v) is 20.3. The Morgan fingerprint density at radius 3 is 2.81 bits per heavy atom. The number of aliphatic imine (C=N–C) groups is 1. The van der Waals surface area contributed by atoms with Crippen molar-refractivity contribution >= 4 is 45.7 Å². The number of anilines is 3. The predicted octanol–water partition coefficient (Wildman–Crippen LogP) is 4.73. The number of nitrogens with two attached hydrogens (primary N) is 1. The second-order valence-electron chi connectivity index (χ2n) is 8.70. The summed E-state index contributed by atoms with van der Waals surface area (Å²) in [6, 6.07) is 10.6. The molecule has 1 fully saturated rings. The zero-order valence-electron chi connectivity index (χ0n) is 19.5. The van der Waals surface area contributed by atoms with Crippen LogP contribution in [0.3, 0.4) is 0 Å². The highest BCUT2D eigenvalue weighted by Gasteiger charge is 2.28. The summed E-state index contributed by atoms with van der Waals surface area (Å²) in [4.78, 5) is 34.8. The molecule has 0 bridgehead atoms. The van der Waals surface area contributed by atoms with Crippen LogP contribution >= 0.6 is 11.3 Å². The Morgan fingerprint density at radius 1 is 1.19 bits per heavy atom. The molecule has 1 unspecified atom stereocenters. The number of aromatic nitrogens is 2. The molecule has 186 valence electrons. The second kappa shape index (κ2) is 10.3. The molecule has 2 aromatic heterocycles. The first-order valence-corrected chi connectivity index (χ1v) is 12.6. The van der Waals surface area contributed by atoms with Crippen LogP contribution in [0.5, 0.6) is 0 Å². The largest absolute Gasteiger partial charge is 0.363 e. The van der Waals surface area contributed by atoms with Crippen LogP contribution in [0.1, 0.15) is 41.5 Å². The van der Waals surface area contributed by atoms with E-state index in [0.717, 1.165) is 36.3 Å². The molecular formula is C25H26FN7O2S. The number of carbonyl (C=O) groups excluding carboxylic acids is 2. The van der Waals surface area contributed by atoms with E-state index in [-0.39, 0.29) is 11.9 Å². The molecule has 0 aliphatic carbocycles. The molecule has 3 aromatic rings. The van der Waals surface area contributed by atoms with Gasteiger partial charge in [0, 0.05) is 42.6 Å². The molecule has 11 heteroatoms. The van der Waals surface area contributed by atoms with Gasteiger partial charge in [-0.05, 0) is 67.3 Å². The van der Waals surface area contributed by atoms with Crippen LogP contribution in [0.15, 0.2) is 64.6 Å². The van der Waals surface area contributed by atoms with Gasteiger partial charge in [0.2, 0.25) is 5.97 Å². The van der Waals surface area contributed by atoms with Crippen LogP contribution in [0.2, 0.25) is 0 Å². The van der Waals surface area contributed by atoms with Crippen LogP contribution in [0.4, 0.5) is 25.7 Å². The van der Waals surface area contributed by atoms with Crippen molar-refractivity contribution in [2.45, 2.75) is 31.8 Å². The number of dihydropyridines is 1. The quantitative estimate of drug-likeness (QED) is 0.429. The van der Waals surface area contributed by atoms with Crippen molar-refractivity contribution in [3.63, 3.8) is 0 Å². The highest BCUT2D eigenvalue weighted by atomic mass is 32.1. The Hall–Kier alpha value is -3.99. The number of primary amides is 1. The fraction of sp³-hybridized carbons (Fsp3) is 0.280. The molecule has 0 saturated carbocycles. The molecule has 1 atom stereocenters. The summed E-state index contributed by atoms with van der Waals surface area (Å²) >= 11 is 1.39. The van der Waals surface area contributed by atoms with Gasteiger partial charge < -0.3 is 20.5 Å². The van der Waals surface area contributed by atoms with E-state index in [9.17, 15) is 14.0 Å². The molecule has 9 nitrogen and oxygen atoms in total. The minimum Gasteiger partial charge on any atom is -0.363 e. The maximum absolute atomic E-state index is 13.5. The first kappa shape index (κ1) is 23.7. The van der Waals surface area contributed by atoms with Gasteiger partial charge in [-0.15, -0.1) is 11.3 Å². The highest BCUT2D eigenvalue weighted by Crippen LogP contribution is 2.37. The smallest absolute Gasteiger partial charge is 0.316 e. The molecule has 2 aliphatic heterocycles. The SMILES string of the molecule is NC(=O)Nc1ccc(N2CCCC2c2csc(NC(=O)c3cccn3CC3=CC(F)=NCC3)n2)cc1. The number of urea groups is 1. The molecule has 5 rings (SSSR count). The van der Waals surface area contributed by atoms with Crippen LogP contribution in [-0.2, 0) is 6.54 Å². The van der Waals surface area contributed by atoms with Gasteiger partial charge in [-0.3, -0.25) is 15.1 Å². The average molecular weight is 508 g/mol. The summed E-state index contributed by atoms with van der Waals surface area (Å²) in [5.41, 5.74) is 9.15. The number of carbonyl (C=O) groups is 2. The van der Waals surface area contributed by atoms with Gasteiger partial charge in [-0.25, -0.2) is 9.78 Å². The third kappa shape index (κ3) is 5.30. The minimum absolute atomic E-state index is 0.0977. The van der Waals surface area contributed by atoms with E-state index in [1.54, 1.807) is 12.1 Å². The number of hydrogen-bond acceptors (Lipinski definition) is 6. The van der Waals surface area contributed by atoms with E-state index < -0.39 is 12.0 Å². The summed E-state index contributed by atoms with van der Waals surface area (Å²) in [6.07, 6.45) is 5.90. The number of benzene rings is 1. The summed E-state index contributed by atoms with van der Waals surface area (Å²) in [5, 5.41) is 8.00. The summed E-state index contributed by atoms with van der Waals surface area (Å²) in [6.45, 7) is 1.75. The molecule has 1 aromatic carbocycles. The maximum atomic E-state index is 13.5. The van der Waals surface area contributed by atoms with Gasteiger partial charge in [0.05, 0.1) is 11.7 Å². The fourth-order valence-corrected chi connectivity index (χ4v) is 5.37. The highest BCUT2D eigenvalue weighted by molar-refractivity contribution is 7.14. The monoisotopic (exact) mass is 507 g/mol. The Kier molecular flexibility index (Phi) is 6.81. The van der Waals surface area contributed by atoms with E-state index >= 15 is 0 Å². The topological polar surface area (TPSA) is 118 Å². The normalized spacial score (nSPS) is 17.5. The fourth-order valence-electron chi connectivity index (χ4n) is 4.61. The zero-order chi connectivity index (χ0) is 25.1. The van der Waals surface area contributed by atoms with E-state index in [2.05, 4.69) is 20.5 Å². The van der Waals surface area contributed by atoms with E-state index in [0.29, 0.717) is 36.0 Å². The predicted molar refractivity (Wildman–Crippen MR) is 140 cm³/mol. The Bertz CT molecular complexity index is 1330. The van der Waals surface area contributed by atoms with E-state index in [1.165, 1.54) is 17.4 Å². The van der Waals surface area contributed by atoms with Gasteiger partial charge in [0.15, 0.2) is 5.13 Å². The molecule has 4 N–H and O–H groups in total. The van der Waals surface area contributed by atoms with Crippen molar-refractivity contribution in [1.82, 2.24) is 9.55 Å². The number of amides is 3. The van der Waals surface area contributed by atoms with E-state index in [1.807, 2.05) is 40.4 Å². The van der Waals surface area contributed by atoms with Crippen molar-refractivity contribution in [3.05, 3.63) is 71.0 Å². The molecule has 2 aliphatic rings. The van der Waals surface area contributed by atoms with Crippen molar-refractivity contribution in [1.29, 1.82) is 0 Å². The number of nitrogens with zero attached hydrogens (tertiary/aromatic N) is 4. The lowest BCUT2D eigenvalue weighted by Gasteiger charge is -2.25. The lowest BCUT2D eigenvalue weighted by atomic mass is 10.1. The molecule has 3 amide bonds. The maximum Gasteiger partial charge on any atom is 0.316 e. The Balaban J connectivity index is 1.26. The number of halogens is 1. The van der Waals surface area contributed by atoms with Gasteiger partial charge in [0.1, 0.15) is 5.69 Å². The summed E-state index contributed by atoms with van der Waals surface area (Å²) < 4.78 is 15.3. The van der Waals surface area contributed by atoms with Crippen molar-refractivity contribution < 1.29 is 14.0 Å². The van der Waals surface area contributed by atoms with Gasteiger partial charge in [-0.1, -0.05) is 0 Å². The van der Waals surface area contributed by atoms with Crippen LogP contribution in [-0.4, -0.2) is 40.5 Å². The third-order valence-corrected chi connectivity index (χ3v) is 7.03. The molecular weight excluding hydrogens is 481 g/mol. The lowest BCUT2D eigenvalue weighted by molar-refractivity contribution is 0.101. The number of thiazole rings is 1.